The second kappa shape index (κ2) is 9.39. The zero-order chi connectivity index (χ0) is 18.2. The van der Waals surface area contributed by atoms with Crippen LogP contribution in [-0.4, -0.2) is 50.2 Å². The van der Waals surface area contributed by atoms with E-state index >= 15 is 0 Å². The summed E-state index contributed by atoms with van der Waals surface area (Å²) in [5.74, 6) is -0.0872. The highest BCUT2D eigenvalue weighted by Gasteiger charge is 2.14. The van der Waals surface area contributed by atoms with Crippen LogP contribution in [0.4, 0.5) is 0 Å². The van der Waals surface area contributed by atoms with Crippen molar-refractivity contribution in [1.82, 2.24) is 10.2 Å². The number of carbonyl (C=O) groups excluding carboxylic acids is 1. The molecule has 1 N–H and O–H groups in total. The smallest absolute Gasteiger partial charge is 0.252 e. The summed E-state index contributed by atoms with van der Waals surface area (Å²) in [6.45, 7) is 4.76. The molecule has 6 heteroatoms. The van der Waals surface area contributed by atoms with Crippen LogP contribution in [0.15, 0.2) is 58.3 Å². The van der Waals surface area contributed by atoms with Gasteiger partial charge in [-0.15, -0.1) is 0 Å². The van der Waals surface area contributed by atoms with E-state index in [1.54, 1.807) is 6.07 Å². The standard InChI is InChI=1S/C20H21N3O2S/c21-15-16-5-1-3-7-18(16)26-19-8-4-2-6-17(19)20(24)22-9-10-23-11-13-25-14-12-23/h1-8H,9-14H2,(H,22,24). The molecular formula is C20H21N3O2S. The van der Waals surface area contributed by atoms with E-state index in [-0.39, 0.29) is 5.91 Å². The van der Waals surface area contributed by atoms with Crippen LogP contribution in [0.2, 0.25) is 0 Å². The first-order valence-corrected chi connectivity index (χ1v) is 9.44. The lowest BCUT2D eigenvalue weighted by molar-refractivity contribution is 0.0383. The van der Waals surface area contributed by atoms with Gasteiger partial charge in [-0.25, -0.2) is 0 Å². The van der Waals surface area contributed by atoms with Gasteiger partial charge in [0.2, 0.25) is 0 Å². The summed E-state index contributed by atoms with van der Waals surface area (Å²) < 4.78 is 5.33. The molecule has 1 fully saturated rings. The van der Waals surface area contributed by atoms with Crippen LogP contribution in [-0.2, 0) is 4.74 Å². The maximum Gasteiger partial charge on any atom is 0.252 e. The zero-order valence-corrected chi connectivity index (χ0v) is 15.3. The number of carbonyl (C=O) groups is 1. The van der Waals surface area contributed by atoms with Gasteiger partial charge in [-0.3, -0.25) is 9.69 Å². The van der Waals surface area contributed by atoms with E-state index < -0.39 is 0 Å². The van der Waals surface area contributed by atoms with Crippen LogP contribution < -0.4 is 5.32 Å². The molecule has 1 aliphatic heterocycles. The predicted octanol–water partition coefficient (Wildman–Crippen LogP) is 2.77. The van der Waals surface area contributed by atoms with Crippen molar-refractivity contribution in [2.45, 2.75) is 9.79 Å². The molecule has 1 saturated heterocycles. The van der Waals surface area contributed by atoms with Crippen molar-refractivity contribution in [3.8, 4) is 6.07 Å². The number of morpholine rings is 1. The topological polar surface area (TPSA) is 65.4 Å². The number of nitriles is 1. The molecule has 2 aromatic rings. The zero-order valence-electron chi connectivity index (χ0n) is 14.5. The van der Waals surface area contributed by atoms with Crippen LogP contribution in [0.5, 0.6) is 0 Å². The molecule has 0 aromatic heterocycles. The Morgan fingerprint density at radius 3 is 2.58 bits per heavy atom. The van der Waals surface area contributed by atoms with Gasteiger partial charge in [-0.1, -0.05) is 36.0 Å². The van der Waals surface area contributed by atoms with E-state index in [0.29, 0.717) is 17.7 Å². The highest BCUT2D eigenvalue weighted by atomic mass is 32.2. The normalized spacial score (nSPS) is 14.6. The van der Waals surface area contributed by atoms with Crippen molar-refractivity contribution in [2.24, 2.45) is 0 Å². The predicted molar refractivity (Wildman–Crippen MR) is 101 cm³/mol. The molecule has 0 bridgehead atoms. The Kier molecular flexibility index (Phi) is 6.67. The number of nitrogens with zero attached hydrogens (tertiary/aromatic N) is 2. The number of benzene rings is 2. The number of rotatable bonds is 6. The van der Waals surface area contributed by atoms with Gasteiger partial charge in [0.05, 0.1) is 24.3 Å². The monoisotopic (exact) mass is 367 g/mol. The molecule has 1 heterocycles. The number of hydrogen-bond acceptors (Lipinski definition) is 5. The van der Waals surface area contributed by atoms with Gasteiger partial charge in [-0.2, -0.15) is 5.26 Å². The molecule has 0 spiro atoms. The van der Waals surface area contributed by atoms with E-state index in [1.807, 2.05) is 42.5 Å². The molecule has 0 atom stereocenters. The van der Waals surface area contributed by atoms with Crippen molar-refractivity contribution in [3.05, 3.63) is 59.7 Å². The molecule has 1 aliphatic rings. The molecule has 0 radical (unpaired) electrons. The highest BCUT2D eigenvalue weighted by Crippen LogP contribution is 2.32. The lowest BCUT2D eigenvalue weighted by Crippen LogP contribution is -2.41. The SMILES string of the molecule is N#Cc1ccccc1Sc1ccccc1C(=O)NCCN1CCOCC1. The fourth-order valence-electron chi connectivity index (χ4n) is 2.76. The van der Waals surface area contributed by atoms with E-state index in [9.17, 15) is 10.1 Å². The Morgan fingerprint density at radius 1 is 1.12 bits per heavy atom. The first kappa shape index (κ1) is 18.5. The minimum absolute atomic E-state index is 0.0872. The largest absolute Gasteiger partial charge is 0.379 e. The third kappa shape index (κ3) is 4.85. The molecule has 26 heavy (non-hydrogen) atoms. The van der Waals surface area contributed by atoms with Crippen LogP contribution in [0.1, 0.15) is 15.9 Å². The molecule has 0 saturated carbocycles. The first-order valence-electron chi connectivity index (χ1n) is 8.62. The summed E-state index contributed by atoms with van der Waals surface area (Å²) >= 11 is 1.44. The Bertz CT molecular complexity index is 798. The van der Waals surface area contributed by atoms with Gasteiger partial charge < -0.3 is 10.1 Å². The molecule has 0 aliphatic carbocycles. The highest BCUT2D eigenvalue weighted by molar-refractivity contribution is 7.99. The maximum absolute atomic E-state index is 12.6. The van der Waals surface area contributed by atoms with Crippen LogP contribution >= 0.6 is 11.8 Å². The summed E-state index contributed by atoms with van der Waals surface area (Å²) in [6, 6.07) is 17.1. The quantitative estimate of drug-likeness (QED) is 0.850. The molecule has 2 aromatic carbocycles. The molecular weight excluding hydrogens is 346 g/mol. The van der Waals surface area contributed by atoms with E-state index in [0.717, 1.165) is 42.6 Å². The third-order valence-electron chi connectivity index (χ3n) is 4.18. The Balaban J connectivity index is 1.64. The second-order valence-corrected chi connectivity index (χ2v) is 7.00. The minimum atomic E-state index is -0.0872. The third-order valence-corrected chi connectivity index (χ3v) is 5.33. The van der Waals surface area contributed by atoms with Gasteiger partial charge in [0, 0.05) is 36.0 Å². The van der Waals surface area contributed by atoms with Crippen molar-refractivity contribution >= 4 is 17.7 Å². The summed E-state index contributed by atoms with van der Waals surface area (Å²) in [4.78, 5) is 16.6. The molecule has 5 nitrogen and oxygen atoms in total. The average Bonchev–Trinajstić information content (AvgIpc) is 2.69. The summed E-state index contributed by atoms with van der Waals surface area (Å²) in [7, 11) is 0. The van der Waals surface area contributed by atoms with Gasteiger partial charge in [0.25, 0.3) is 5.91 Å². The number of amides is 1. The van der Waals surface area contributed by atoms with E-state index in [2.05, 4.69) is 16.3 Å². The van der Waals surface area contributed by atoms with Crippen molar-refractivity contribution in [3.63, 3.8) is 0 Å². The minimum Gasteiger partial charge on any atom is -0.379 e. The van der Waals surface area contributed by atoms with Gasteiger partial charge >= 0.3 is 0 Å². The molecule has 0 unspecified atom stereocenters. The van der Waals surface area contributed by atoms with Crippen LogP contribution in [0, 0.1) is 11.3 Å². The van der Waals surface area contributed by atoms with Crippen LogP contribution in [0.25, 0.3) is 0 Å². The first-order chi connectivity index (χ1) is 12.8. The molecule has 3 rings (SSSR count). The number of hydrogen-bond donors (Lipinski definition) is 1. The summed E-state index contributed by atoms with van der Waals surface area (Å²) in [5.41, 5.74) is 1.24. The van der Waals surface area contributed by atoms with E-state index in [4.69, 9.17) is 4.74 Å². The summed E-state index contributed by atoms with van der Waals surface area (Å²) in [6.07, 6.45) is 0. The van der Waals surface area contributed by atoms with Gasteiger partial charge in [-0.05, 0) is 24.3 Å². The van der Waals surface area contributed by atoms with Crippen molar-refractivity contribution in [2.75, 3.05) is 39.4 Å². The Morgan fingerprint density at radius 2 is 1.81 bits per heavy atom. The average molecular weight is 367 g/mol. The van der Waals surface area contributed by atoms with Crippen molar-refractivity contribution in [1.29, 1.82) is 5.26 Å². The summed E-state index contributed by atoms with van der Waals surface area (Å²) in [5, 5.41) is 12.3. The van der Waals surface area contributed by atoms with Crippen molar-refractivity contribution < 1.29 is 9.53 Å². The fourth-order valence-corrected chi connectivity index (χ4v) is 3.78. The molecule has 1 amide bonds. The number of ether oxygens (including phenoxy) is 1. The van der Waals surface area contributed by atoms with Gasteiger partial charge in [0.1, 0.15) is 6.07 Å². The maximum atomic E-state index is 12.6. The molecule has 134 valence electrons. The second-order valence-electron chi connectivity index (χ2n) is 5.92. The van der Waals surface area contributed by atoms with Gasteiger partial charge in [0.15, 0.2) is 0 Å². The van der Waals surface area contributed by atoms with E-state index in [1.165, 1.54) is 11.8 Å². The number of nitrogens with one attached hydrogen (secondary N) is 1. The lowest BCUT2D eigenvalue weighted by atomic mass is 10.2. The lowest BCUT2D eigenvalue weighted by Gasteiger charge is -2.26. The fraction of sp³-hybridized carbons (Fsp3) is 0.300. The Hall–Kier alpha value is -2.33. The van der Waals surface area contributed by atoms with Crippen LogP contribution in [0.3, 0.4) is 0 Å². The Labute approximate surface area is 158 Å².